The molecule has 0 aromatic heterocycles. The predicted molar refractivity (Wildman–Crippen MR) is 128 cm³/mol. The predicted octanol–water partition coefficient (Wildman–Crippen LogP) is 2.66. The Bertz CT molecular complexity index is 968. The molecule has 170 valence electrons. The third-order valence-corrected chi connectivity index (χ3v) is 7.61. The maximum Gasteiger partial charge on any atom is 0.251 e. The number of carbonyl (C=O) groups excluding carboxylic acids is 3. The van der Waals surface area contributed by atoms with Gasteiger partial charge in [-0.3, -0.25) is 14.4 Å². The molecule has 32 heavy (non-hydrogen) atoms. The molecule has 0 radical (unpaired) electrons. The molecule has 1 fully saturated rings. The number of amides is 3. The lowest BCUT2D eigenvalue weighted by molar-refractivity contribution is -0.134. The molecule has 0 aliphatic carbocycles. The number of benzene rings is 2. The van der Waals surface area contributed by atoms with E-state index < -0.39 is 14.1 Å². The molecule has 2 N–H and O–H groups in total. The second kappa shape index (κ2) is 9.99. The van der Waals surface area contributed by atoms with E-state index in [9.17, 15) is 14.4 Å². The van der Waals surface area contributed by atoms with E-state index in [1.54, 1.807) is 31.4 Å². The molecule has 1 heterocycles. The van der Waals surface area contributed by atoms with Gasteiger partial charge in [-0.25, -0.2) is 0 Å². The largest absolute Gasteiger partial charge is 0.497 e. The lowest BCUT2D eigenvalue weighted by Crippen LogP contribution is -2.43. The van der Waals surface area contributed by atoms with Crippen molar-refractivity contribution in [3.63, 3.8) is 0 Å². The topological polar surface area (TPSA) is 87.7 Å². The highest BCUT2D eigenvalue weighted by atomic mass is 28.3. The van der Waals surface area contributed by atoms with Crippen molar-refractivity contribution in [3.8, 4) is 5.75 Å². The summed E-state index contributed by atoms with van der Waals surface area (Å²) in [6.45, 7) is 7.31. The molecule has 1 saturated heterocycles. The van der Waals surface area contributed by atoms with Crippen molar-refractivity contribution in [2.45, 2.75) is 38.5 Å². The van der Waals surface area contributed by atoms with Crippen LogP contribution >= 0.6 is 0 Å². The van der Waals surface area contributed by atoms with Crippen LogP contribution in [0.3, 0.4) is 0 Å². The number of carbonyl (C=O) groups is 3. The minimum Gasteiger partial charge on any atom is -0.497 e. The number of anilines is 1. The van der Waals surface area contributed by atoms with E-state index in [0.717, 1.165) is 6.42 Å². The number of nitrogens with zero attached hydrogens (tertiary/aromatic N) is 1. The normalized spacial score (nSPS) is 14.8. The summed E-state index contributed by atoms with van der Waals surface area (Å²) >= 11 is 0. The van der Waals surface area contributed by atoms with Crippen LogP contribution in [0.2, 0.25) is 19.6 Å². The first-order valence-electron chi connectivity index (χ1n) is 10.8. The highest BCUT2D eigenvalue weighted by Gasteiger charge is 2.27. The summed E-state index contributed by atoms with van der Waals surface area (Å²) in [6.07, 6.45) is 1.21. The Morgan fingerprint density at radius 1 is 1.06 bits per heavy atom. The minimum atomic E-state index is -1.44. The summed E-state index contributed by atoms with van der Waals surface area (Å²) in [7, 11) is 0.129. The summed E-state index contributed by atoms with van der Waals surface area (Å²) in [5, 5.41) is 7.00. The zero-order valence-electron chi connectivity index (χ0n) is 19.1. The van der Waals surface area contributed by atoms with Crippen molar-refractivity contribution in [2.75, 3.05) is 25.5 Å². The minimum absolute atomic E-state index is 0.0342. The first-order chi connectivity index (χ1) is 15.2. The van der Waals surface area contributed by atoms with Crippen LogP contribution in [-0.4, -0.2) is 50.9 Å². The molecule has 0 spiro atoms. The third kappa shape index (κ3) is 5.97. The monoisotopic (exact) mass is 453 g/mol. The van der Waals surface area contributed by atoms with Crippen molar-refractivity contribution in [2.24, 2.45) is 0 Å². The van der Waals surface area contributed by atoms with Crippen molar-refractivity contribution in [1.29, 1.82) is 0 Å². The Hall–Kier alpha value is -3.13. The fourth-order valence-corrected chi connectivity index (χ4v) is 4.78. The maximum atomic E-state index is 13.2. The van der Waals surface area contributed by atoms with Gasteiger partial charge in [0.25, 0.3) is 5.91 Å². The molecule has 0 bridgehead atoms. The van der Waals surface area contributed by atoms with E-state index in [1.165, 1.54) is 10.1 Å². The molecule has 2 aromatic rings. The van der Waals surface area contributed by atoms with E-state index >= 15 is 0 Å². The van der Waals surface area contributed by atoms with E-state index in [-0.39, 0.29) is 24.3 Å². The third-order valence-electron chi connectivity index (χ3n) is 5.54. The van der Waals surface area contributed by atoms with Crippen molar-refractivity contribution >= 4 is 36.7 Å². The van der Waals surface area contributed by atoms with Gasteiger partial charge in [-0.05, 0) is 36.2 Å². The molecule has 3 rings (SSSR count). The Kier molecular flexibility index (Phi) is 7.35. The second-order valence-electron chi connectivity index (χ2n) is 9.01. The average molecular weight is 454 g/mol. The number of methoxy groups -OCH3 is 1. The molecule has 1 unspecified atom stereocenters. The quantitative estimate of drug-likeness (QED) is 0.602. The zero-order valence-corrected chi connectivity index (χ0v) is 20.1. The van der Waals surface area contributed by atoms with Crippen molar-refractivity contribution in [1.82, 2.24) is 10.2 Å². The molecule has 1 aliphatic rings. The summed E-state index contributed by atoms with van der Waals surface area (Å²) in [5.74, 6) is -0.0979. The molecule has 8 heteroatoms. The van der Waals surface area contributed by atoms with Crippen LogP contribution in [0.15, 0.2) is 48.5 Å². The van der Waals surface area contributed by atoms with Crippen LogP contribution in [0, 0.1) is 0 Å². The van der Waals surface area contributed by atoms with Gasteiger partial charge in [0.05, 0.1) is 21.7 Å². The van der Waals surface area contributed by atoms with E-state index in [4.69, 9.17) is 4.74 Å². The number of hydrogen-bond donors (Lipinski definition) is 2. The summed E-state index contributed by atoms with van der Waals surface area (Å²) in [4.78, 5) is 39.2. The fourth-order valence-electron chi connectivity index (χ4n) is 3.62. The van der Waals surface area contributed by atoms with Gasteiger partial charge in [-0.2, -0.15) is 0 Å². The van der Waals surface area contributed by atoms with E-state index in [2.05, 4.69) is 30.3 Å². The first-order valence-corrected chi connectivity index (χ1v) is 14.3. The van der Waals surface area contributed by atoms with Crippen LogP contribution < -0.4 is 20.6 Å². The van der Waals surface area contributed by atoms with Gasteiger partial charge in [0, 0.05) is 18.7 Å². The van der Waals surface area contributed by atoms with Crippen LogP contribution in [-0.2, 0) is 14.4 Å². The molecule has 1 atom stereocenters. The van der Waals surface area contributed by atoms with Gasteiger partial charge >= 0.3 is 0 Å². The van der Waals surface area contributed by atoms with Crippen LogP contribution in [0.1, 0.15) is 24.4 Å². The molecule has 7 nitrogen and oxygen atoms in total. The Labute approximate surface area is 190 Å². The van der Waals surface area contributed by atoms with Crippen LogP contribution in [0.4, 0.5) is 5.69 Å². The molecule has 1 aliphatic heterocycles. The second-order valence-corrected chi connectivity index (χ2v) is 14.1. The number of likely N-dealkylation sites (tertiary alicyclic amines) is 1. The van der Waals surface area contributed by atoms with E-state index in [0.29, 0.717) is 30.0 Å². The maximum absolute atomic E-state index is 13.2. The number of nitrogens with one attached hydrogen (secondary N) is 2. The lowest BCUT2D eigenvalue weighted by Gasteiger charge is -2.22. The number of ether oxygens (including phenoxy) is 1. The van der Waals surface area contributed by atoms with Gasteiger partial charge < -0.3 is 20.3 Å². The molecule has 0 saturated carbocycles. The van der Waals surface area contributed by atoms with Crippen LogP contribution in [0.5, 0.6) is 5.75 Å². The van der Waals surface area contributed by atoms with Gasteiger partial charge in [-0.15, -0.1) is 0 Å². The van der Waals surface area contributed by atoms with Crippen LogP contribution in [0.25, 0.3) is 0 Å². The SMILES string of the molecule is COc1ccc(C(NC(=O)CN2CCCC2=O)C(=O)Nc2ccc([Si](C)(C)C)cc2)cc1. The van der Waals surface area contributed by atoms with Gasteiger partial charge in [0.1, 0.15) is 11.8 Å². The summed E-state index contributed by atoms with van der Waals surface area (Å²) in [5.41, 5.74) is 1.29. The Morgan fingerprint density at radius 2 is 1.72 bits per heavy atom. The fraction of sp³-hybridized carbons (Fsp3) is 0.375. The Morgan fingerprint density at radius 3 is 2.25 bits per heavy atom. The average Bonchev–Trinajstić information content (AvgIpc) is 3.16. The van der Waals surface area contributed by atoms with Crippen molar-refractivity contribution < 1.29 is 19.1 Å². The van der Waals surface area contributed by atoms with Gasteiger partial charge in [0.2, 0.25) is 11.8 Å². The highest BCUT2D eigenvalue weighted by Crippen LogP contribution is 2.20. The van der Waals surface area contributed by atoms with Gasteiger partial charge in [0.15, 0.2) is 0 Å². The van der Waals surface area contributed by atoms with Crippen molar-refractivity contribution in [3.05, 3.63) is 54.1 Å². The number of rotatable bonds is 8. The standard InChI is InChI=1S/C24H31N3O4Si/c1-31-19-11-7-17(8-12-19)23(26-21(28)16-27-15-5-6-22(27)29)24(30)25-18-9-13-20(14-10-18)32(2,3)4/h7-14,23H,5-6,15-16H2,1-4H3,(H,25,30)(H,26,28). The smallest absolute Gasteiger partial charge is 0.251 e. The molecule has 3 amide bonds. The van der Waals surface area contributed by atoms with Gasteiger partial charge in [-0.1, -0.05) is 49.1 Å². The number of hydrogen-bond acceptors (Lipinski definition) is 4. The summed E-state index contributed by atoms with van der Waals surface area (Å²) in [6, 6.07) is 14.0. The first kappa shape index (κ1) is 23.5. The molecular weight excluding hydrogens is 422 g/mol. The zero-order chi connectivity index (χ0) is 23.3. The van der Waals surface area contributed by atoms with E-state index in [1.807, 2.05) is 24.3 Å². The lowest BCUT2D eigenvalue weighted by atomic mass is 10.1. The summed E-state index contributed by atoms with van der Waals surface area (Å²) < 4.78 is 5.20. The Balaban J connectivity index is 1.76. The molecule has 2 aromatic carbocycles. The highest BCUT2D eigenvalue weighted by molar-refractivity contribution is 6.88. The molecular formula is C24H31N3O4Si.